The van der Waals surface area contributed by atoms with Crippen molar-refractivity contribution in [2.75, 3.05) is 4.90 Å². The van der Waals surface area contributed by atoms with E-state index in [-0.39, 0.29) is 11.8 Å². The Morgan fingerprint density at radius 3 is 2.79 bits per heavy atom. The van der Waals surface area contributed by atoms with E-state index in [9.17, 15) is 20.0 Å². The number of carbonyl (C=O) groups excluding carboxylic acids is 2. The molecule has 0 aliphatic carbocycles. The van der Waals surface area contributed by atoms with Gasteiger partial charge in [-0.1, -0.05) is 6.92 Å². The Morgan fingerprint density at radius 2 is 2.07 bits per heavy atom. The van der Waals surface area contributed by atoms with Gasteiger partial charge in [0.05, 0.1) is 40.3 Å². The Kier molecular flexibility index (Phi) is 3.32. The van der Waals surface area contributed by atoms with Gasteiger partial charge < -0.3 is 9.84 Å². The summed E-state index contributed by atoms with van der Waals surface area (Å²) in [6.45, 7) is 3.65. The Hall–Kier alpha value is -2.82. The average Bonchev–Trinajstić information content (AvgIpc) is 3.24. The van der Waals surface area contributed by atoms with E-state index in [4.69, 9.17) is 4.74 Å². The minimum absolute atomic E-state index is 0.303. The zero-order valence-electron chi connectivity index (χ0n) is 15.5. The van der Waals surface area contributed by atoms with E-state index in [1.165, 1.54) is 4.90 Å². The highest BCUT2D eigenvalue weighted by molar-refractivity contribution is 6.26. The molecule has 0 saturated carbocycles. The second kappa shape index (κ2) is 5.37. The van der Waals surface area contributed by atoms with Gasteiger partial charge in [-0.15, -0.1) is 0 Å². The summed E-state index contributed by atoms with van der Waals surface area (Å²) in [5.74, 6) is -1.99. The van der Waals surface area contributed by atoms with E-state index in [1.807, 2.05) is 6.92 Å². The molecule has 2 aromatic rings. The number of pyridine rings is 1. The van der Waals surface area contributed by atoms with Gasteiger partial charge >= 0.3 is 0 Å². The van der Waals surface area contributed by atoms with E-state index < -0.39 is 29.1 Å². The Balaban J connectivity index is 1.69. The lowest BCUT2D eigenvalue weighted by atomic mass is 9.66. The van der Waals surface area contributed by atoms with Crippen molar-refractivity contribution in [1.29, 1.82) is 5.26 Å². The number of fused-ring (bicyclic) bond motifs is 6. The van der Waals surface area contributed by atoms with Crippen LogP contribution in [0.1, 0.15) is 32.3 Å². The molecule has 4 heterocycles. The molecule has 3 aliphatic heterocycles. The number of aromatic nitrogens is 1. The van der Waals surface area contributed by atoms with Crippen LogP contribution in [-0.4, -0.2) is 39.2 Å². The Bertz CT molecular complexity index is 1080. The highest BCUT2D eigenvalue weighted by Crippen LogP contribution is 2.62. The van der Waals surface area contributed by atoms with Crippen LogP contribution in [0.4, 0.5) is 5.69 Å². The van der Waals surface area contributed by atoms with Crippen molar-refractivity contribution in [1.82, 2.24) is 4.98 Å². The first-order valence-corrected chi connectivity index (χ1v) is 9.42. The van der Waals surface area contributed by atoms with Crippen LogP contribution in [0.3, 0.4) is 0 Å². The van der Waals surface area contributed by atoms with Gasteiger partial charge in [0.25, 0.3) is 0 Å². The van der Waals surface area contributed by atoms with E-state index >= 15 is 0 Å². The summed E-state index contributed by atoms with van der Waals surface area (Å²) in [6, 6.07) is 8.77. The molecule has 1 aromatic carbocycles. The molecule has 2 bridgehead atoms. The van der Waals surface area contributed by atoms with Gasteiger partial charge in [-0.05, 0) is 37.6 Å². The minimum atomic E-state index is -1.07. The fourth-order valence-corrected chi connectivity index (χ4v) is 5.43. The lowest BCUT2D eigenvalue weighted by Crippen LogP contribution is -2.49. The molecule has 2 amide bonds. The van der Waals surface area contributed by atoms with Crippen LogP contribution in [0.5, 0.6) is 0 Å². The van der Waals surface area contributed by atoms with Crippen LogP contribution < -0.4 is 4.90 Å². The Labute approximate surface area is 161 Å². The standard InChI is InChI=1S/C21H19N3O4/c1-3-21-9-14(25)20(2,28-21)15-16(21)19(27)24(18(15)26)13-7-6-11(10-22)17-12(13)5-4-8-23-17/h4-8,14-16,25H,3,9H2,1-2H3/t14-,15-,16+,20-,21+/m0/s1. The number of rotatable bonds is 2. The number of anilines is 1. The number of amides is 2. The number of aliphatic hydroxyl groups excluding tert-OH is 1. The van der Waals surface area contributed by atoms with Gasteiger partial charge in [-0.25, -0.2) is 4.90 Å². The maximum atomic E-state index is 13.5. The molecule has 3 fully saturated rings. The van der Waals surface area contributed by atoms with Crippen molar-refractivity contribution in [3.05, 3.63) is 36.0 Å². The van der Waals surface area contributed by atoms with Gasteiger partial charge in [-0.3, -0.25) is 14.6 Å². The molecule has 7 nitrogen and oxygen atoms in total. The minimum Gasteiger partial charge on any atom is -0.390 e. The SMILES string of the molecule is CC[C@]12C[C@H](O)[C@](C)(O1)[C@@H]1C(=O)N(c3ccc(C#N)c4ncccc34)C(=O)[C@@H]12. The number of imide groups is 1. The molecule has 3 aliphatic rings. The van der Waals surface area contributed by atoms with Crippen LogP contribution in [0.15, 0.2) is 30.5 Å². The normalized spacial score (nSPS) is 36.2. The first kappa shape index (κ1) is 17.3. The van der Waals surface area contributed by atoms with Gasteiger partial charge in [0.1, 0.15) is 11.7 Å². The zero-order chi connectivity index (χ0) is 19.8. The quantitative estimate of drug-likeness (QED) is 0.802. The summed E-state index contributed by atoms with van der Waals surface area (Å²) < 4.78 is 6.15. The van der Waals surface area contributed by atoms with E-state index in [0.717, 1.165) is 0 Å². The summed E-state index contributed by atoms with van der Waals surface area (Å²) >= 11 is 0. The molecule has 28 heavy (non-hydrogen) atoms. The molecule has 0 unspecified atom stereocenters. The van der Waals surface area contributed by atoms with Crippen LogP contribution in [0, 0.1) is 23.2 Å². The fourth-order valence-electron chi connectivity index (χ4n) is 5.43. The molecule has 142 valence electrons. The molecule has 5 rings (SSSR count). The zero-order valence-corrected chi connectivity index (χ0v) is 15.5. The van der Waals surface area contributed by atoms with Crippen molar-refractivity contribution >= 4 is 28.4 Å². The van der Waals surface area contributed by atoms with Crippen molar-refractivity contribution in [3.63, 3.8) is 0 Å². The molecule has 5 atom stereocenters. The van der Waals surface area contributed by atoms with E-state index in [1.54, 1.807) is 37.4 Å². The van der Waals surface area contributed by atoms with Gasteiger partial charge in [0.2, 0.25) is 11.8 Å². The van der Waals surface area contributed by atoms with Crippen molar-refractivity contribution in [3.8, 4) is 6.07 Å². The van der Waals surface area contributed by atoms with Crippen LogP contribution in [0.2, 0.25) is 0 Å². The monoisotopic (exact) mass is 377 g/mol. The number of aliphatic hydroxyl groups is 1. The summed E-state index contributed by atoms with van der Waals surface area (Å²) in [4.78, 5) is 32.4. The highest BCUT2D eigenvalue weighted by Gasteiger charge is 2.76. The first-order chi connectivity index (χ1) is 13.4. The number of nitriles is 1. The number of carbonyl (C=O) groups is 2. The third kappa shape index (κ3) is 1.82. The molecule has 1 N–H and O–H groups in total. The first-order valence-electron chi connectivity index (χ1n) is 9.42. The maximum absolute atomic E-state index is 13.5. The predicted octanol–water partition coefficient (Wildman–Crippen LogP) is 1.91. The molecule has 7 heteroatoms. The van der Waals surface area contributed by atoms with Crippen LogP contribution in [0.25, 0.3) is 10.9 Å². The number of nitrogens with zero attached hydrogens (tertiary/aromatic N) is 3. The predicted molar refractivity (Wildman–Crippen MR) is 99.1 cm³/mol. The molecule has 1 aromatic heterocycles. The maximum Gasteiger partial charge on any atom is 0.240 e. The van der Waals surface area contributed by atoms with E-state index in [2.05, 4.69) is 11.1 Å². The van der Waals surface area contributed by atoms with Gasteiger partial charge in [0, 0.05) is 18.0 Å². The molecule has 0 spiro atoms. The van der Waals surface area contributed by atoms with E-state index in [0.29, 0.717) is 35.0 Å². The summed E-state index contributed by atoms with van der Waals surface area (Å²) in [5, 5.41) is 20.5. The van der Waals surface area contributed by atoms with Crippen LogP contribution >= 0.6 is 0 Å². The number of hydrogen-bond donors (Lipinski definition) is 1. The van der Waals surface area contributed by atoms with Crippen molar-refractivity contribution in [2.45, 2.75) is 44.0 Å². The number of ether oxygens (including phenoxy) is 1. The third-order valence-electron chi connectivity index (χ3n) is 6.82. The Morgan fingerprint density at radius 1 is 1.32 bits per heavy atom. The smallest absolute Gasteiger partial charge is 0.240 e. The number of hydrogen-bond acceptors (Lipinski definition) is 6. The fraction of sp³-hybridized carbons (Fsp3) is 0.429. The summed E-state index contributed by atoms with van der Waals surface area (Å²) in [5.41, 5.74) is -0.621. The largest absolute Gasteiger partial charge is 0.390 e. The highest BCUT2D eigenvalue weighted by atomic mass is 16.6. The summed E-state index contributed by atoms with van der Waals surface area (Å²) in [7, 11) is 0. The number of benzene rings is 1. The molecular formula is C21H19N3O4. The van der Waals surface area contributed by atoms with Crippen molar-refractivity contribution in [2.24, 2.45) is 11.8 Å². The topological polar surface area (TPSA) is 104 Å². The van der Waals surface area contributed by atoms with Crippen LogP contribution in [-0.2, 0) is 14.3 Å². The second-order valence-corrected chi connectivity index (χ2v) is 8.04. The third-order valence-corrected chi connectivity index (χ3v) is 6.82. The second-order valence-electron chi connectivity index (χ2n) is 8.04. The van der Waals surface area contributed by atoms with Gasteiger partial charge in [0.15, 0.2) is 0 Å². The molecule has 3 saturated heterocycles. The summed E-state index contributed by atoms with van der Waals surface area (Å²) in [6.07, 6.45) is 1.68. The molecular weight excluding hydrogens is 358 g/mol. The molecule has 0 radical (unpaired) electrons. The lowest BCUT2D eigenvalue weighted by molar-refractivity contribution is -0.133. The lowest BCUT2D eigenvalue weighted by Gasteiger charge is -2.32. The average molecular weight is 377 g/mol. The van der Waals surface area contributed by atoms with Gasteiger partial charge in [-0.2, -0.15) is 5.26 Å². The van der Waals surface area contributed by atoms with Crippen molar-refractivity contribution < 1.29 is 19.4 Å².